The largest absolute Gasteiger partial charge is 0.542 e. The third kappa shape index (κ3) is 3.62. The Kier molecular flexibility index (Phi) is 5.06. The fourth-order valence-corrected chi connectivity index (χ4v) is 3.29. The van der Waals surface area contributed by atoms with E-state index in [1.807, 2.05) is 0 Å². The van der Waals surface area contributed by atoms with Crippen molar-refractivity contribution < 1.29 is 27.6 Å². The Bertz CT molecular complexity index is 664. The molecule has 0 atom stereocenters. The molecule has 0 saturated carbocycles. The quantitative estimate of drug-likeness (QED) is 0.501. The van der Waals surface area contributed by atoms with Crippen LogP contribution in [0, 0.1) is 0 Å². The van der Waals surface area contributed by atoms with Crippen molar-refractivity contribution in [2.24, 2.45) is 0 Å². The van der Waals surface area contributed by atoms with E-state index in [-0.39, 0.29) is 5.54 Å². The van der Waals surface area contributed by atoms with Crippen molar-refractivity contribution in [3.63, 3.8) is 0 Å². The summed E-state index contributed by atoms with van der Waals surface area (Å²) >= 11 is 0. The fraction of sp³-hybridized carbons (Fsp3) is 0.556. The number of nitrogens with zero attached hydrogens (tertiary/aromatic N) is 1. The number of carboxylic acids is 1. The molecule has 0 aromatic carbocycles. The summed E-state index contributed by atoms with van der Waals surface area (Å²) in [5.74, 6) is -3.01. The second kappa shape index (κ2) is 6.57. The van der Waals surface area contributed by atoms with Crippen LogP contribution in [0.15, 0.2) is 34.6 Å². The van der Waals surface area contributed by atoms with Crippen molar-refractivity contribution >= 4 is 12.2 Å². The number of hydrogen-bond donors (Lipinski definition) is 0. The van der Waals surface area contributed by atoms with Crippen LogP contribution in [0.2, 0.25) is 0 Å². The van der Waals surface area contributed by atoms with Gasteiger partial charge in [-0.2, -0.15) is 17.7 Å². The monoisotopic (exact) mass is 341 g/mol. The molecule has 3 aliphatic rings. The lowest BCUT2D eigenvalue weighted by molar-refractivity contribution is -0.536. The van der Waals surface area contributed by atoms with Crippen LogP contribution in [-0.4, -0.2) is 28.5 Å². The number of halogens is 3. The Hall–Kier alpha value is -1.85. The summed E-state index contributed by atoms with van der Waals surface area (Å²) < 4.78 is 34.1. The smallest absolute Gasteiger partial charge is 0.430 e. The first-order chi connectivity index (χ1) is 11.0. The van der Waals surface area contributed by atoms with E-state index in [0.717, 1.165) is 0 Å². The van der Waals surface area contributed by atoms with Gasteiger partial charge in [-0.05, 0) is 44.6 Å². The van der Waals surface area contributed by atoms with E-state index in [0.29, 0.717) is 0 Å². The highest BCUT2D eigenvalue weighted by molar-refractivity contribution is 5.74. The summed E-state index contributed by atoms with van der Waals surface area (Å²) in [6.45, 7) is 6.97. The predicted octanol–water partition coefficient (Wildman–Crippen LogP) is 3.27. The van der Waals surface area contributed by atoms with Gasteiger partial charge in [0.25, 0.3) is 0 Å². The van der Waals surface area contributed by atoms with Gasteiger partial charge in [0.15, 0.2) is 11.8 Å². The molecule has 0 spiro atoms. The second-order valence-electron chi connectivity index (χ2n) is 6.79. The van der Waals surface area contributed by atoms with Gasteiger partial charge in [-0.25, -0.2) is 0 Å². The van der Waals surface area contributed by atoms with Crippen LogP contribution in [0.25, 0.3) is 0 Å². The summed E-state index contributed by atoms with van der Waals surface area (Å²) in [5.41, 5.74) is 6.47. The molecule has 24 heavy (non-hydrogen) atoms. The van der Waals surface area contributed by atoms with Crippen LogP contribution in [0.5, 0.6) is 0 Å². The lowest BCUT2D eigenvalue weighted by Gasteiger charge is -2.28. The topological polar surface area (TPSA) is 43.1 Å². The molecule has 2 aliphatic heterocycles. The minimum absolute atomic E-state index is 0.136. The molecule has 3 nitrogen and oxygen atoms in total. The first-order valence-electron chi connectivity index (χ1n) is 8.06. The van der Waals surface area contributed by atoms with E-state index >= 15 is 0 Å². The summed E-state index contributed by atoms with van der Waals surface area (Å²) in [7, 11) is 0. The Morgan fingerprint density at radius 1 is 1.25 bits per heavy atom. The lowest BCUT2D eigenvalue weighted by atomic mass is 9.84. The Balaban J connectivity index is 0.000000256. The molecule has 132 valence electrons. The molecular weight excluding hydrogens is 319 g/mol. The molecule has 1 aliphatic carbocycles. The molecule has 0 saturated heterocycles. The Morgan fingerprint density at radius 3 is 2.46 bits per heavy atom. The van der Waals surface area contributed by atoms with E-state index in [4.69, 9.17) is 9.90 Å². The van der Waals surface area contributed by atoms with Gasteiger partial charge in [-0.3, -0.25) is 0 Å². The first-order valence-corrected chi connectivity index (χ1v) is 8.06. The van der Waals surface area contributed by atoms with Gasteiger partial charge in [0.2, 0.25) is 5.70 Å². The van der Waals surface area contributed by atoms with Gasteiger partial charge in [-0.1, -0.05) is 6.08 Å². The highest BCUT2D eigenvalue weighted by atomic mass is 19.4. The minimum Gasteiger partial charge on any atom is -0.542 e. The number of carboxylic acid groups (broad SMARTS) is 1. The number of aliphatic carboxylic acids is 1. The van der Waals surface area contributed by atoms with Crippen LogP contribution >= 0.6 is 0 Å². The van der Waals surface area contributed by atoms with Crippen molar-refractivity contribution in [3.05, 3.63) is 34.6 Å². The zero-order chi connectivity index (χ0) is 18.1. The molecule has 0 aromatic heterocycles. The molecule has 6 heteroatoms. The predicted molar refractivity (Wildman–Crippen MR) is 83.4 cm³/mol. The first kappa shape index (κ1) is 18.5. The number of allylic oxidation sites excluding steroid dienone is 4. The van der Waals surface area contributed by atoms with E-state index in [1.165, 1.54) is 37.7 Å². The van der Waals surface area contributed by atoms with Crippen molar-refractivity contribution in [2.45, 2.75) is 64.6 Å². The summed E-state index contributed by atoms with van der Waals surface area (Å²) in [6.07, 6.45) is 8.28. The second-order valence-corrected chi connectivity index (χ2v) is 6.79. The standard InChI is InChI=1S/C16H22N.C2HF3O2/c1-12-6-4-7-13-8-5-9-14-10-11-17(15(13)14)16(12,2)3;3-2(4,5)1(6)7/h6,10-11H,4-5,7-9H2,1-3H3;(H,6,7)/q+1;/p-1/b12-6-;. The molecule has 0 bridgehead atoms. The van der Waals surface area contributed by atoms with Crippen molar-refractivity contribution in [1.82, 2.24) is 0 Å². The SMILES string of the molecule is C/C1=C/CCC2=C3C(=CC=[N+]3C1(C)C)CCC2.O=C([O-])C(F)(F)F. The van der Waals surface area contributed by atoms with Crippen LogP contribution in [0.4, 0.5) is 13.2 Å². The maximum Gasteiger partial charge on any atom is 0.430 e. The zero-order valence-corrected chi connectivity index (χ0v) is 14.2. The summed E-state index contributed by atoms with van der Waals surface area (Å²) in [6, 6.07) is 0. The van der Waals surface area contributed by atoms with Crippen LogP contribution in [-0.2, 0) is 4.79 Å². The van der Waals surface area contributed by atoms with Crippen LogP contribution in [0.1, 0.15) is 52.9 Å². The van der Waals surface area contributed by atoms with Crippen molar-refractivity contribution in [1.29, 1.82) is 0 Å². The highest BCUT2D eigenvalue weighted by Gasteiger charge is 2.41. The maximum absolute atomic E-state index is 10.5. The zero-order valence-electron chi connectivity index (χ0n) is 14.2. The number of rotatable bonds is 0. The van der Waals surface area contributed by atoms with Gasteiger partial charge in [0.1, 0.15) is 5.97 Å². The average Bonchev–Trinajstić information content (AvgIpc) is 2.91. The number of carbonyl (C=O) groups excluding carboxylic acids is 1. The van der Waals surface area contributed by atoms with Crippen LogP contribution < -0.4 is 5.11 Å². The van der Waals surface area contributed by atoms with Gasteiger partial charge in [0.05, 0.1) is 0 Å². The van der Waals surface area contributed by atoms with E-state index in [9.17, 15) is 13.2 Å². The van der Waals surface area contributed by atoms with Crippen LogP contribution in [0.3, 0.4) is 0 Å². The van der Waals surface area contributed by atoms with Crippen molar-refractivity contribution in [2.75, 3.05) is 0 Å². The highest BCUT2D eigenvalue weighted by Crippen LogP contribution is 2.40. The number of carbonyl (C=O) groups is 1. The lowest BCUT2D eigenvalue weighted by Crippen LogP contribution is -2.38. The molecule has 3 rings (SSSR count). The van der Waals surface area contributed by atoms with E-state index in [2.05, 4.69) is 43.7 Å². The van der Waals surface area contributed by atoms with E-state index < -0.39 is 12.1 Å². The van der Waals surface area contributed by atoms with Gasteiger partial charge in [0, 0.05) is 31.1 Å². The molecule has 0 unspecified atom stereocenters. The molecule has 0 amide bonds. The Morgan fingerprint density at radius 2 is 1.88 bits per heavy atom. The van der Waals surface area contributed by atoms with Gasteiger partial charge in [-0.15, -0.1) is 0 Å². The van der Waals surface area contributed by atoms with Crippen molar-refractivity contribution in [3.8, 4) is 0 Å². The molecule has 0 N–H and O–H groups in total. The molecule has 0 fully saturated rings. The molecular formula is C18H22F3NO2. The molecule has 2 heterocycles. The van der Waals surface area contributed by atoms with Gasteiger partial charge >= 0.3 is 6.18 Å². The number of alkyl halides is 3. The third-order valence-corrected chi connectivity index (χ3v) is 4.92. The van der Waals surface area contributed by atoms with Gasteiger partial charge < -0.3 is 9.90 Å². The minimum atomic E-state index is -5.19. The number of hydrogen-bond acceptors (Lipinski definition) is 2. The molecule has 0 radical (unpaired) electrons. The fourth-order valence-electron chi connectivity index (χ4n) is 3.29. The average molecular weight is 341 g/mol. The maximum atomic E-state index is 10.5. The summed E-state index contributed by atoms with van der Waals surface area (Å²) in [4.78, 5) is 8.78. The third-order valence-electron chi connectivity index (χ3n) is 4.92. The molecule has 0 aromatic rings. The van der Waals surface area contributed by atoms with E-state index in [1.54, 1.807) is 16.8 Å². The summed E-state index contributed by atoms with van der Waals surface area (Å²) in [5, 5.41) is 8.78. The Labute approximate surface area is 139 Å². The normalized spacial score (nSPS) is 24.3.